The minimum Gasteiger partial charge on any atom is -0.396 e. The second-order valence-electron chi connectivity index (χ2n) is 5.56. The van der Waals surface area contributed by atoms with Crippen LogP contribution in [0.15, 0.2) is 24.3 Å². The molecule has 1 aromatic carbocycles. The number of nitrogens with zero attached hydrogens (tertiary/aromatic N) is 1. The molecule has 0 saturated heterocycles. The molecule has 2 N–H and O–H groups in total. The van der Waals surface area contributed by atoms with Crippen molar-refractivity contribution in [3.63, 3.8) is 0 Å². The standard InChI is InChI=1S/C14H20N2O3/c1-14(10-17)8-2-3-13(14)15-9-11-4-6-12(7-5-11)16(18)19/h4-7,13,15,17H,2-3,8-10H2,1H3. The Bertz CT molecular complexity index is 447. The van der Waals surface area contributed by atoms with Crippen LogP contribution in [0.25, 0.3) is 0 Å². The Labute approximate surface area is 112 Å². The van der Waals surface area contributed by atoms with Crippen molar-refractivity contribution in [3.05, 3.63) is 39.9 Å². The third-order valence-electron chi connectivity index (χ3n) is 4.14. The second kappa shape index (κ2) is 5.67. The number of benzene rings is 1. The van der Waals surface area contributed by atoms with Crippen molar-refractivity contribution in [1.82, 2.24) is 5.32 Å². The average Bonchev–Trinajstić information content (AvgIpc) is 2.79. The van der Waals surface area contributed by atoms with Crippen LogP contribution in [0.3, 0.4) is 0 Å². The van der Waals surface area contributed by atoms with E-state index in [0.29, 0.717) is 12.6 Å². The summed E-state index contributed by atoms with van der Waals surface area (Å²) < 4.78 is 0. The van der Waals surface area contributed by atoms with E-state index < -0.39 is 4.92 Å². The monoisotopic (exact) mass is 264 g/mol. The zero-order valence-corrected chi connectivity index (χ0v) is 11.1. The summed E-state index contributed by atoms with van der Waals surface area (Å²) >= 11 is 0. The SMILES string of the molecule is CC1(CO)CCCC1NCc1ccc([N+](=O)[O-])cc1. The Balaban J connectivity index is 1.93. The van der Waals surface area contributed by atoms with Crippen molar-refractivity contribution in [2.24, 2.45) is 5.41 Å². The highest BCUT2D eigenvalue weighted by Gasteiger charge is 2.37. The van der Waals surface area contributed by atoms with Gasteiger partial charge in [0.2, 0.25) is 0 Å². The molecule has 5 nitrogen and oxygen atoms in total. The third kappa shape index (κ3) is 3.11. The molecule has 0 aromatic heterocycles. The molecular weight excluding hydrogens is 244 g/mol. The van der Waals surface area contributed by atoms with Crippen molar-refractivity contribution < 1.29 is 10.0 Å². The van der Waals surface area contributed by atoms with E-state index >= 15 is 0 Å². The van der Waals surface area contributed by atoms with Crippen LogP contribution < -0.4 is 5.32 Å². The van der Waals surface area contributed by atoms with Crippen molar-refractivity contribution in [1.29, 1.82) is 0 Å². The number of hydrogen-bond acceptors (Lipinski definition) is 4. The Morgan fingerprint density at radius 3 is 2.74 bits per heavy atom. The zero-order valence-electron chi connectivity index (χ0n) is 11.1. The van der Waals surface area contributed by atoms with Gasteiger partial charge >= 0.3 is 0 Å². The fraction of sp³-hybridized carbons (Fsp3) is 0.571. The molecule has 0 amide bonds. The largest absolute Gasteiger partial charge is 0.396 e. The fourth-order valence-corrected chi connectivity index (χ4v) is 2.75. The maximum atomic E-state index is 10.6. The molecule has 1 aromatic rings. The molecule has 0 bridgehead atoms. The fourth-order valence-electron chi connectivity index (χ4n) is 2.75. The molecule has 0 spiro atoms. The first-order valence-corrected chi connectivity index (χ1v) is 6.63. The smallest absolute Gasteiger partial charge is 0.269 e. The van der Waals surface area contributed by atoms with E-state index in [0.717, 1.165) is 24.8 Å². The van der Waals surface area contributed by atoms with E-state index in [2.05, 4.69) is 12.2 Å². The normalized spacial score (nSPS) is 26.5. The summed E-state index contributed by atoms with van der Waals surface area (Å²) in [5, 5.41) is 23.5. The van der Waals surface area contributed by atoms with E-state index in [-0.39, 0.29) is 17.7 Å². The molecule has 0 radical (unpaired) electrons. The number of non-ortho nitro benzene ring substituents is 1. The summed E-state index contributed by atoms with van der Waals surface area (Å²) in [5.74, 6) is 0. The summed E-state index contributed by atoms with van der Waals surface area (Å²) in [5.41, 5.74) is 1.10. The highest BCUT2D eigenvalue weighted by Crippen LogP contribution is 2.37. The Morgan fingerprint density at radius 2 is 2.16 bits per heavy atom. The van der Waals surface area contributed by atoms with Gasteiger partial charge < -0.3 is 10.4 Å². The van der Waals surface area contributed by atoms with Crippen molar-refractivity contribution in [3.8, 4) is 0 Å². The first-order chi connectivity index (χ1) is 9.05. The van der Waals surface area contributed by atoms with Gasteiger partial charge in [-0.05, 0) is 18.4 Å². The third-order valence-corrected chi connectivity index (χ3v) is 4.14. The molecule has 19 heavy (non-hydrogen) atoms. The van der Waals surface area contributed by atoms with Crippen LogP contribution in [-0.4, -0.2) is 22.7 Å². The van der Waals surface area contributed by atoms with Crippen molar-refractivity contribution in [2.75, 3.05) is 6.61 Å². The lowest BCUT2D eigenvalue weighted by Crippen LogP contribution is -2.41. The summed E-state index contributed by atoms with van der Waals surface area (Å²) in [4.78, 5) is 10.2. The van der Waals surface area contributed by atoms with Gasteiger partial charge in [0.1, 0.15) is 0 Å². The van der Waals surface area contributed by atoms with Gasteiger partial charge in [-0.2, -0.15) is 0 Å². The maximum absolute atomic E-state index is 10.6. The van der Waals surface area contributed by atoms with Gasteiger partial charge in [-0.1, -0.05) is 25.5 Å². The maximum Gasteiger partial charge on any atom is 0.269 e. The number of aliphatic hydroxyl groups excluding tert-OH is 1. The predicted octanol–water partition coefficient (Wildman–Crippen LogP) is 2.24. The molecule has 2 rings (SSSR count). The molecule has 0 aliphatic heterocycles. The molecule has 1 aliphatic carbocycles. The quantitative estimate of drug-likeness (QED) is 0.631. The minimum absolute atomic E-state index is 0.0409. The lowest BCUT2D eigenvalue weighted by molar-refractivity contribution is -0.384. The van der Waals surface area contributed by atoms with E-state index in [4.69, 9.17) is 0 Å². The number of hydrogen-bond donors (Lipinski definition) is 2. The Kier molecular flexibility index (Phi) is 4.17. The van der Waals surface area contributed by atoms with E-state index in [1.54, 1.807) is 12.1 Å². The lowest BCUT2D eigenvalue weighted by atomic mass is 9.86. The molecule has 1 saturated carbocycles. The van der Waals surface area contributed by atoms with Gasteiger partial charge in [0.05, 0.1) is 4.92 Å². The second-order valence-corrected chi connectivity index (χ2v) is 5.56. The molecule has 5 heteroatoms. The summed E-state index contributed by atoms with van der Waals surface area (Å²) in [7, 11) is 0. The van der Waals surface area contributed by atoms with Crippen LogP contribution in [-0.2, 0) is 6.54 Å². The summed E-state index contributed by atoms with van der Waals surface area (Å²) in [6, 6.07) is 6.91. The molecule has 1 fully saturated rings. The van der Waals surface area contributed by atoms with Gasteiger partial charge in [-0.15, -0.1) is 0 Å². The topological polar surface area (TPSA) is 75.4 Å². The highest BCUT2D eigenvalue weighted by molar-refractivity contribution is 5.32. The van der Waals surface area contributed by atoms with Gasteiger partial charge in [0.25, 0.3) is 5.69 Å². The van der Waals surface area contributed by atoms with Crippen LogP contribution >= 0.6 is 0 Å². The number of aliphatic hydroxyl groups is 1. The van der Waals surface area contributed by atoms with Crippen LogP contribution in [0.4, 0.5) is 5.69 Å². The van der Waals surface area contributed by atoms with Crippen LogP contribution in [0.5, 0.6) is 0 Å². The van der Waals surface area contributed by atoms with Crippen LogP contribution in [0.1, 0.15) is 31.7 Å². The highest BCUT2D eigenvalue weighted by atomic mass is 16.6. The molecule has 0 heterocycles. The average molecular weight is 264 g/mol. The van der Waals surface area contributed by atoms with Crippen LogP contribution in [0.2, 0.25) is 0 Å². The molecule has 104 valence electrons. The number of nitro groups is 1. The van der Waals surface area contributed by atoms with E-state index in [9.17, 15) is 15.2 Å². The van der Waals surface area contributed by atoms with Gasteiger partial charge in [-0.25, -0.2) is 0 Å². The molecule has 1 aliphatic rings. The van der Waals surface area contributed by atoms with Crippen molar-refractivity contribution >= 4 is 5.69 Å². The molecule has 2 unspecified atom stereocenters. The summed E-state index contributed by atoms with van der Waals surface area (Å²) in [6.45, 7) is 2.98. The molecule has 2 atom stereocenters. The zero-order chi connectivity index (χ0) is 13.9. The number of nitrogens with one attached hydrogen (secondary N) is 1. The first kappa shape index (κ1) is 14.0. The lowest BCUT2D eigenvalue weighted by Gasteiger charge is -2.30. The number of rotatable bonds is 5. The van der Waals surface area contributed by atoms with Crippen LogP contribution in [0, 0.1) is 15.5 Å². The van der Waals surface area contributed by atoms with Gasteiger partial charge in [-0.3, -0.25) is 10.1 Å². The van der Waals surface area contributed by atoms with E-state index in [1.807, 2.05) is 0 Å². The van der Waals surface area contributed by atoms with E-state index in [1.165, 1.54) is 12.1 Å². The van der Waals surface area contributed by atoms with Gasteiger partial charge in [0, 0.05) is 36.7 Å². The van der Waals surface area contributed by atoms with Gasteiger partial charge in [0.15, 0.2) is 0 Å². The first-order valence-electron chi connectivity index (χ1n) is 6.63. The number of nitro benzene ring substituents is 1. The molecular formula is C14H20N2O3. The van der Waals surface area contributed by atoms with Crippen molar-refractivity contribution in [2.45, 2.75) is 38.8 Å². The minimum atomic E-state index is -0.392. The predicted molar refractivity (Wildman–Crippen MR) is 72.8 cm³/mol. The summed E-state index contributed by atoms with van der Waals surface area (Å²) in [6.07, 6.45) is 3.25. The Hall–Kier alpha value is -1.46. The Morgan fingerprint density at radius 1 is 1.47 bits per heavy atom.